The third kappa shape index (κ3) is 4.44. The van der Waals surface area contributed by atoms with E-state index in [1.807, 2.05) is 12.1 Å². The van der Waals surface area contributed by atoms with E-state index in [4.69, 9.17) is 21.9 Å². The molecule has 2 aromatic rings. The summed E-state index contributed by atoms with van der Waals surface area (Å²) in [6.07, 6.45) is 5.35. The summed E-state index contributed by atoms with van der Waals surface area (Å²) in [4.78, 5) is 38.1. The van der Waals surface area contributed by atoms with Gasteiger partial charge in [-0.3, -0.25) is 18.9 Å². The lowest BCUT2D eigenvalue weighted by Gasteiger charge is -2.35. The average molecular weight is 486 g/mol. The summed E-state index contributed by atoms with van der Waals surface area (Å²) in [5.74, 6) is 0.464. The first-order valence-electron chi connectivity index (χ1n) is 11.4. The molecule has 5 heterocycles. The van der Waals surface area contributed by atoms with Gasteiger partial charge in [-0.25, -0.2) is 4.98 Å². The molecule has 0 saturated carbocycles. The van der Waals surface area contributed by atoms with Crippen molar-refractivity contribution in [2.24, 2.45) is 0 Å². The quantitative estimate of drug-likeness (QED) is 0.472. The van der Waals surface area contributed by atoms with Gasteiger partial charge in [-0.05, 0) is 37.6 Å². The van der Waals surface area contributed by atoms with Gasteiger partial charge in [-0.2, -0.15) is 0 Å². The minimum Gasteiger partial charge on any atom is -0.376 e. The molecular weight excluding hydrogens is 458 g/mol. The third-order valence-corrected chi connectivity index (χ3v) is 7.80. The van der Waals surface area contributed by atoms with E-state index >= 15 is 0 Å². The van der Waals surface area contributed by atoms with Crippen LogP contribution in [-0.4, -0.2) is 81.4 Å². The van der Waals surface area contributed by atoms with E-state index in [0.29, 0.717) is 32.8 Å². The van der Waals surface area contributed by atoms with Crippen molar-refractivity contribution in [1.29, 1.82) is 0 Å². The fourth-order valence-corrected chi connectivity index (χ4v) is 5.77. The average Bonchev–Trinajstić information content (AvgIpc) is 3.45. The maximum Gasteiger partial charge on any atom is 0.267 e. The maximum atomic E-state index is 13.5. The van der Waals surface area contributed by atoms with E-state index in [9.17, 15) is 9.59 Å². The molecule has 0 spiro atoms. The van der Waals surface area contributed by atoms with Crippen molar-refractivity contribution in [3.05, 3.63) is 45.2 Å². The van der Waals surface area contributed by atoms with E-state index < -0.39 is 0 Å². The Kier molecular flexibility index (Phi) is 6.51. The number of aromatic nitrogens is 2. The molecule has 5 rings (SSSR count). The first kappa shape index (κ1) is 22.5. The maximum absolute atomic E-state index is 13.5. The predicted octanol–water partition coefficient (Wildman–Crippen LogP) is 2.22. The van der Waals surface area contributed by atoms with Gasteiger partial charge in [0.15, 0.2) is 0 Å². The molecule has 8 nitrogen and oxygen atoms in total. The summed E-state index contributed by atoms with van der Waals surface area (Å²) in [6, 6.07) is 5.51. The van der Waals surface area contributed by atoms with Crippen LogP contribution in [0.25, 0.3) is 11.7 Å². The number of amides is 1. The highest BCUT2D eigenvalue weighted by Crippen LogP contribution is 2.34. The summed E-state index contributed by atoms with van der Waals surface area (Å²) in [6.45, 7) is 7.73. The van der Waals surface area contributed by atoms with Crippen molar-refractivity contribution in [3.8, 4) is 0 Å². The summed E-state index contributed by atoms with van der Waals surface area (Å²) in [7, 11) is 0. The molecule has 33 heavy (non-hydrogen) atoms. The summed E-state index contributed by atoms with van der Waals surface area (Å²) < 4.78 is 7.73. The highest BCUT2D eigenvalue weighted by atomic mass is 32.2. The van der Waals surface area contributed by atoms with Crippen molar-refractivity contribution in [2.75, 3.05) is 50.8 Å². The number of rotatable bonds is 5. The van der Waals surface area contributed by atoms with Gasteiger partial charge in [0.2, 0.25) is 0 Å². The van der Waals surface area contributed by atoms with Crippen LogP contribution >= 0.6 is 24.0 Å². The Bertz CT molecular complexity index is 1170. The van der Waals surface area contributed by atoms with E-state index in [1.54, 1.807) is 23.2 Å². The van der Waals surface area contributed by atoms with E-state index in [0.717, 1.165) is 52.2 Å². The third-order valence-electron chi connectivity index (χ3n) is 6.43. The van der Waals surface area contributed by atoms with Gasteiger partial charge in [-0.1, -0.05) is 37.0 Å². The number of hydrogen-bond donors (Lipinski definition) is 0. The van der Waals surface area contributed by atoms with Crippen molar-refractivity contribution in [3.63, 3.8) is 0 Å². The van der Waals surface area contributed by atoms with Crippen LogP contribution in [0.4, 0.5) is 5.82 Å². The molecule has 2 aromatic heterocycles. The summed E-state index contributed by atoms with van der Waals surface area (Å²) >= 11 is 6.74. The number of piperazine rings is 1. The van der Waals surface area contributed by atoms with Crippen LogP contribution < -0.4 is 10.5 Å². The number of carbonyl (C=O) groups is 1. The van der Waals surface area contributed by atoms with Crippen LogP contribution in [0.5, 0.6) is 0 Å². The van der Waals surface area contributed by atoms with Crippen molar-refractivity contribution in [1.82, 2.24) is 19.2 Å². The lowest BCUT2D eigenvalue weighted by molar-refractivity contribution is -0.123. The molecule has 0 unspecified atom stereocenters. The lowest BCUT2D eigenvalue weighted by Crippen LogP contribution is -2.47. The van der Waals surface area contributed by atoms with Crippen LogP contribution in [0, 0.1) is 0 Å². The molecule has 3 aliphatic rings. The number of thiocarbonyl (C=S) groups is 1. The fourth-order valence-electron chi connectivity index (χ4n) is 4.51. The summed E-state index contributed by atoms with van der Waals surface area (Å²) in [5, 5.41) is 0. The number of thioether (sulfide) groups is 1. The Morgan fingerprint density at radius 1 is 1.24 bits per heavy atom. The van der Waals surface area contributed by atoms with Crippen LogP contribution in [0.3, 0.4) is 0 Å². The van der Waals surface area contributed by atoms with Gasteiger partial charge >= 0.3 is 0 Å². The first-order chi connectivity index (χ1) is 16.0. The number of likely N-dealkylation sites (N-methyl/N-ethyl adjacent to an activating group) is 1. The molecule has 174 valence electrons. The molecule has 3 saturated heterocycles. The molecule has 3 aliphatic heterocycles. The Morgan fingerprint density at radius 3 is 2.79 bits per heavy atom. The number of hydrogen-bond acceptors (Lipinski definition) is 8. The van der Waals surface area contributed by atoms with E-state index in [1.165, 1.54) is 16.2 Å². The lowest BCUT2D eigenvalue weighted by atomic mass is 10.2. The number of nitrogens with zero attached hydrogens (tertiary/aromatic N) is 5. The monoisotopic (exact) mass is 485 g/mol. The standard InChI is InChI=1S/C23H27N5O3S2/c1-2-25-9-11-26(12-10-25)20-17(21(29)27-8-4-3-7-19(27)24-20)14-18-22(30)28(23(32)33-18)15-16-6-5-13-31-16/h3-4,7-8,14,16H,2,5-6,9-13,15H2,1H3/b18-14+/t16-/m0/s1. The van der Waals surface area contributed by atoms with Crippen LogP contribution in [-0.2, 0) is 9.53 Å². The minimum absolute atomic E-state index is 0.0187. The molecule has 0 aliphatic carbocycles. The van der Waals surface area contributed by atoms with Gasteiger partial charge in [0.1, 0.15) is 15.8 Å². The molecule has 10 heteroatoms. The molecule has 0 aromatic carbocycles. The molecular formula is C23H27N5O3S2. The number of carbonyl (C=O) groups excluding carboxylic acids is 1. The van der Waals surface area contributed by atoms with Crippen LogP contribution in [0.2, 0.25) is 0 Å². The molecule has 3 fully saturated rings. The zero-order valence-electron chi connectivity index (χ0n) is 18.6. The van der Waals surface area contributed by atoms with Crippen molar-refractivity contribution in [2.45, 2.75) is 25.9 Å². The number of anilines is 1. The van der Waals surface area contributed by atoms with Gasteiger partial charge in [0.25, 0.3) is 11.5 Å². The van der Waals surface area contributed by atoms with Gasteiger partial charge in [0, 0.05) is 39.0 Å². The SMILES string of the molecule is CCN1CCN(c2nc3ccccn3c(=O)c2/C=C2/SC(=S)N(C[C@@H]3CCCO3)C2=O)CC1. The zero-order chi connectivity index (χ0) is 22.9. The second-order valence-electron chi connectivity index (χ2n) is 8.43. The van der Waals surface area contributed by atoms with Crippen molar-refractivity contribution < 1.29 is 9.53 Å². The topological polar surface area (TPSA) is 70.4 Å². The molecule has 0 bridgehead atoms. The normalized spacial score (nSPS) is 23.4. The zero-order valence-corrected chi connectivity index (χ0v) is 20.2. The fraction of sp³-hybridized carbons (Fsp3) is 0.478. The number of pyridine rings is 1. The van der Waals surface area contributed by atoms with Crippen LogP contribution in [0.1, 0.15) is 25.3 Å². The smallest absolute Gasteiger partial charge is 0.267 e. The first-order valence-corrected chi connectivity index (χ1v) is 12.6. The Hall–Kier alpha value is -2.27. The molecule has 1 amide bonds. The minimum atomic E-state index is -0.182. The van der Waals surface area contributed by atoms with Gasteiger partial charge in [-0.15, -0.1) is 0 Å². The Morgan fingerprint density at radius 2 is 2.06 bits per heavy atom. The van der Waals surface area contributed by atoms with E-state index in [-0.39, 0.29) is 17.6 Å². The highest BCUT2D eigenvalue weighted by molar-refractivity contribution is 8.26. The Balaban J connectivity index is 1.52. The second kappa shape index (κ2) is 9.54. The molecule has 1 atom stereocenters. The molecule has 0 N–H and O–H groups in total. The predicted molar refractivity (Wildman–Crippen MR) is 135 cm³/mol. The highest BCUT2D eigenvalue weighted by Gasteiger charge is 2.35. The van der Waals surface area contributed by atoms with Gasteiger partial charge < -0.3 is 14.5 Å². The number of fused-ring (bicyclic) bond motifs is 1. The Labute approximate surface area is 202 Å². The molecule has 0 radical (unpaired) electrons. The summed E-state index contributed by atoms with van der Waals surface area (Å²) in [5.41, 5.74) is 0.845. The van der Waals surface area contributed by atoms with Crippen molar-refractivity contribution >= 4 is 51.7 Å². The van der Waals surface area contributed by atoms with Gasteiger partial charge in [0.05, 0.1) is 23.1 Å². The largest absolute Gasteiger partial charge is 0.376 e. The van der Waals surface area contributed by atoms with Crippen LogP contribution in [0.15, 0.2) is 34.1 Å². The van der Waals surface area contributed by atoms with E-state index in [2.05, 4.69) is 16.7 Å². The second-order valence-corrected chi connectivity index (χ2v) is 10.1. The number of ether oxygens (including phenoxy) is 1.